The number of halogens is 1. The van der Waals surface area contributed by atoms with Gasteiger partial charge in [-0.3, -0.25) is 14.3 Å². The lowest BCUT2D eigenvalue weighted by atomic mass is 10.0. The lowest BCUT2D eigenvalue weighted by Crippen LogP contribution is -2.28. The molecule has 0 aliphatic heterocycles. The van der Waals surface area contributed by atoms with Gasteiger partial charge in [0.2, 0.25) is 15.7 Å². The number of ether oxygens (including phenoxy) is 2. The summed E-state index contributed by atoms with van der Waals surface area (Å²) in [5, 5.41) is 10.9. The molecule has 208 valence electrons. The van der Waals surface area contributed by atoms with Crippen molar-refractivity contribution >= 4 is 9.84 Å². The van der Waals surface area contributed by atoms with Gasteiger partial charge in [0.25, 0.3) is 5.56 Å². The number of pyridine rings is 1. The van der Waals surface area contributed by atoms with Gasteiger partial charge in [-0.25, -0.2) is 12.8 Å². The molecule has 0 aliphatic rings. The highest BCUT2D eigenvalue weighted by Crippen LogP contribution is 2.36. The third-order valence-corrected chi connectivity index (χ3v) is 8.30. The number of para-hydroxylation sites is 1. The van der Waals surface area contributed by atoms with Crippen molar-refractivity contribution in [3.63, 3.8) is 0 Å². The highest BCUT2D eigenvalue weighted by Gasteiger charge is 2.32. The molecule has 11 heteroatoms. The molecule has 0 saturated heterocycles. The normalized spacial score (nSPS) is 11.3. The van der Waals surface area contributed by atoms with Gasteiger partial charge in [0, 0.05) is 18.0 Å². The number of rotatable bonds is 7. The molecule has 0 amide bonds. The fraction of sp³-hybridized carbons (Fsp3) is 0.100. The van der Waals surface area contributed by atoms with E-state index in [2.05, 4.69) is 9.97 Å². The number of sulfone groups is 1. The molecule has 1 N–H and O–H groups in total. The molecule has 41 heavy (non-hydrogen) atoms. The van der Waals surface area contributed by atoms with Gasteiger partial charge in [-0.2, -0.15) is 4.98 Å². The molecule has 0 bridgehead atoms. The Bertz CT molecular complexity index is 1900. The summed E-state index contributed by atoms with van der Waals surface area (Å²) in [6, 6.07) is 17.5. The van der Waals surface area contributed by atoms with Crippen LogP contribution in [0.4, 0.5) is 4.39 Å². The highest BCUT2D eigenvalue weighted by atomic mass is 32.2. The van der Waals surface area contributed by atoms with Gasteiger partial charge in [0.05, 0.1) is 19.1 Å². The lowest BCUT2D eigenvalue weighted by molar-refractivity contribution is 0.388. The van der Waals surface area contributed by atoms with E-state index in [1.165, 1.54) is 38.5 Å². The van der Waals surface area contributed by atoms with Crippen LogP contribution in [0.25, 0.3) is 28.2 Å². The molecule has 3 aromatic carbocycles. The largest absolute Gasteiger partial charge is 0.494 e. The Morgan fingerprint density at radius 2 is 1.49 bits per heavy atom. The van der Waals surface area contributed by atoms with Gasteiger partial charge >= 0.3 is 0 Å². The van der Waals surface area contributed by atoms with Crippen molar-refractivity contribution in [1.29, 1.82) is 0 Å². The summed E-state index contributed by atoms with van der Waals surface area (Å²) >= 11 is 0. The zero-order chi connectivity index (χ0) is 29.3. The molecule has 0 unspecified atom stereocenters. The Labute approximate surface area is 235 Å². The van der Waals surface area contributed by atoms with E-state index < -0.39 is 32.0 Å². The molecule has 0 fully saturated rings. The fourth-order valence-corrected chi connectivity index (χ4v) is 5.85. The van der Waals surface area contributed by atoms with E-state index in [9.17, 15) is 22.7 Å². The van der Waals surface area contributed by atoms with Crippen LogP contribution in [0.15, 0.2) is 99.8 Å². The molecule has 5 aromatic rings. The SMILES string of the molecule is COc1cccc(OC)c1-n1c(-c2ccc(F)cc2)nc(O)c(S(=O)(=O)c2ccc(-c3ccncc3C)cc2)c1=O. The first-order chi connectivity index (χ1) is 19.7. The average molecular weight is 574 g/mol. The monoisotopic (exact) mass is 573 g/mol. The summed E-state index contributed by atoms with van der Waals surface area (Å²) in [7, 11) is -1.84. The first-order valence-corrected chi connectivity index (χ1v) is 13.7. The van der Waals surface area contributed by atoms with Gasteiger partial charge in [0.1, 0.15) is 23.0 Å². The Balaban J connectivity index is 1.77. The lowest BCUT2D eigenvalue weighted by Gasteiger charge is -2.19. The van der Waals surface area contributed by atoms with E-state index in [1.807, 2.05) is 13.0 Å². The van der Waals surface area contributed by atoms with Crippen LogP contribution in [-0.2, 0) is 9.84 Å². The molecule has 5 rings (SSSR count). The minimum atomic E-state index is -4.58. The Kier molecular flexibility index (Phi) is 7.29. The molecule has 0 spiro atoms. The third-order valence-electron chi connectivity index (χ3n) is 6.52. The van der Waals surface area contributed by atoms with Crippen LogP contribution in [0.5, 0.6) is 17.4 Å². The highest BCUT2D eigenvalue weighted by molar-refractivity contribution is 7.91. The predicted molar refractivity (Wildman–Crippen MR) is 150 cm³/mol. The molecule has 0 radical (unpaired) electrons. The number of aromatic hydroxyl groups is 1. The Hall–Kier alpha value is -5.03. The van der Waals surface area contributed by atoms with Crippen LogP contribution in [0, 0.1) is 12.7 Å². The second-order valence-electron chi connectivity index (χ2n) is 8.97. The van der Waals surface area contributed by atoms with E-state index in [1.54, 1.807) is 42.7 Å². The van der Waals surface area contributed by atoms with Crippen molar-refractivity contribution in [1.82, 2.24) is 14.5 Å². The number of hydrogen-bond donors (Lipinski definition) is 1. The maximum atomic E-state index is 14.1. The minimum absolute atomic E-state index is 0.0503. The summed E-state index contributed by atoms with van der Waals surface area (Å²) in [5.41, 5.74) is 1.68. The topological polar surface area (TPSA) is 121 Å². The second kappa shape index (κ2) is 10.9. The summed E-state index contributed by atoms with van der Waals surface area (Å²) < 4.78 is 53.3. The van der Waals surface area contributed by atoms with E-state index in [0.29, 0.717) is 0 Å². The van der Waals surface area contributed by atoms with Gasteiger partial charge in [-0.15, -0.1) is 0 Å². The van der Waals surface area contributed by atoms with Crippen molar-refractivity contribution in [3.05, 3.63) is 107 Å². The molecule has 9 nitrogen and oxygen atoms in total. The van der Waals surface area contributed by atoms with Crippen LogP contribution in [-0.4, -0.2) is 42.3 Å². The molecule has 0 atom stereocenters. The molecule has 2 heterocycles. The van der Waals surface area contributed by atoms with Crippen LogP contribution >= 0.6 is 0 Å². The first kappa shape index (κ1) is 27.5. The molecule has 0 aliphatic carbocycles. The van der Waals surface area contributed by atoms with E-state index in [-0.39, 0.29) is 33.5 Å². The van der Waals surface area contributed by atoms with Crippen molar-refractivity contribution in [2.24, 2.45) is 0 Å². The molecule has 0 saturated carbocycles. The van der Waals surface area contributed by atoms with Crippen LogP contribution in [0.3, 0.4) is 0 Å². The van der Waals surface area contributed by atoms with E-state index in [4.69, 9.17) is 9.47 Å². The zero-order valence-corrected chi connectivity index (χ0v) is 23.0. The average Bonchev–Trinajstić information content (AvgIpc) is 2.97. The van der Waals surface area contributed by atoms with Crippen LogP contribution in [0.1, 0.15) is 5.56 Å². The number of aromatic nitrogens is 3. The summed E-state index contributed by atoms with van der Waals surface area (Å²) in [6.07, 6.45) is 3.33. The van der Waals surface area contributed by atoms with Gasteiger partial charge < -0.3 is 14.6 Å². The molecular formula is C30H24FN3O6S. The number of aryl methyl sites for hydroxylation is 1. The number of nitrogens with zero attached hydrogens (tertiary/aromatic N) is 3. The Morgan fingerprint density at radius 1 is 0.878 bits per heavy atom. The van der Waals surface area contributed by atoms with Crippen molar-refractivity contribution in [3.8, 4) is 45.6 Å². The zero-order valence-electron chi connectivity index (χ0n) is 22.2. The van der Waals surface area contributed by atoms with Crippen molar-refractivity contribution in [2.75, 3.05) is 14.2 Å². The number of methoxy groups -OCH3 is 2. The first-order valence-electron chi connectivity index (χ1n) is 12.3. The van der Waals surface area contributed by atoms with Crippen molar-refractivity contribution < 1.29 is 27.4 Å². The molecule has 2 aromatic heterocycles. The smallest absolute Gasteiger partial charge is 0.281 e. The standard InChI is InChI=1S/C30H24FN3O6S/c1-18-17-32-16-15-23(18)19-9-13-22(14-10-19)41(37,38)27-29(35)33-28(20-7-11-21(31)12-8-20)34(30(27)36)26-24(39-2)5-4-6-25(26)40-3/h4-17,35H,1-3H3. The van der Waals surface area contributed by atoms with E-state index in [0.717, 1.165) is 33.4 Å². The summed E-state index contributed by atoms with van der Waals surface area (Å²) in [5.74, 6) is -1.36. The van der Waals surface area contributed by atoms with Crippen LogP contribution in [0.2, 0.25) is 0 Å². The second-order valence-corrected chi connectivity index (χ2v) is 10.9. The minimum Gasteiger partial charge on any atom is -0.494 e. The van der Waals surface area contributed by atoms with Crippen LogP contribution < -0.4 is 15.0 Å². The maximum absolute atomic E-state index is 14.1. The maximum Gasteiger partial charge on any atom is 0.281 e. The van der Waals surface area contributed by atoms with Gasteiger partial charge in [0.15, 0.2) is 10.7 Å². The van der Waals surface area contributed by atoms with Crippen molar-refractivity contribution in [2.45, 2.75) is 16.7 Å². The summed E-state index contributed by atoms with van der Waals surface area (Å²) in [6.45, 7) is 1.88. The summed E-state index contributed by atoms with van der Waals surface area (Å²) in [4.78, 5) is 21.2. The van der Waals surface area contributed by atoms with Gasteiger partial charge in [-0.1, -0.05) is 18.2 Å². The predicted octanol–water partition coefficient (Wildman–Crippen LogP) is 4.96. The quantitative estimate of drug-likeness (QED) is 0.290. The third kappa shape index (κ3) is 4.91. The number of benzene rings is 3. The van der Waals surface area contributed by atoms with E-state index >= 15 is 0 Å². The molecular weight excluding hydrogens is 549 g/mol. The fourth-order valence-electron chi connectivity index (χ4n) is 4.51. The Morgan fingerprint density at radius 3 is 2.07 bits per heavy atom. The number of hydrogen-bond acceptors (Lipinski definition) is 8. The van der Waals surface area contributed by atoms with Gasteiger partial charge in [-0.05, 0) is 78.2 Å².